The fourth-order valence-electron chi connectivity index (χ4n) is 4.67. The zero-order valence-corrected chi connectivity index (χ0v) is 20.6. The molecule has 0 aliphatic heterocycles. The van der Waals surface area contributed by atoms with E-state index in [2.05, 4.69) is 15.7 Å². The Labute approximate surface area is 219 Å². The summed E-state index contributed by atoms with van der Waals surface area (Å²) in [5, 5.41) is 9.53. The summed E-state index contributed by atoms with van der Waals surface area (Å²) < 4.78 is 1.09. The van der Waals surface area contributed by atoms with Crippen molar-refractivity contribution in [3.63, 3.8) is 0 Å². The van der Waals surface area contributed by atoms with Gasteiger partial charge in [-0.05, 0) is 42.7 Å². The molecule has 2 aliphatic rings. The van der Waals surface area contributed by atoms with E-state index in [1.54, 1.807) is 0 Å². The highest BCUT2D eigenvalue weighted by Gasteiger charge is 2.20. The van der Waals surface area contributed by atoms with Crippen molar-refractivity contribution in [3.05, 3.63) is 145 Å². The molecule has 10 nitrogen and oxygen atoms in total. The number of benzene rings is 2. The summed E-state index contributed by atoms with van der Waals surface area (Å²) in [5.74, 6) is -0.458. The zero-order valence-electron chi connectivity index (χ0n) is 20.6. The van der Waals surface area contributed by atoms with Crippen molar-refractivity contribution < 1.29 is 5.11 Å². The number of rotatable bonds is 6. The van der Waals surface area contributed by atoms with E-state index in [0.29, 0.717) is 6.42 Å². The monoisotopic (exact) mass is 520 g/mol. The summed E-state index contributed by atoms with van der Waals surface area (Å²) >= 11 is 0. The lowest BCUT2D eigenvalue weighted by atomic mass is 10.0. The summed E-state index contributed by atoms with van der Waals surface area (Å²) in [4.78, 5) is 67.9. The number of nitrogens with one attached hydrogen (secondary N) is 2. The normalized spacial score (nSPS) is 11.0. The Morgan fingerprint density at radius 3 is 2.18 bits per heavy atom. The maximum Gasteiger partial charge on any atom is 0.276 e. The first kappa shape index (κ1) is 25.1. The Morgan fingerprint density at radius 1 is 0.846 bits per heavy atom. The van der Waals surface area contributed by atoms with Crippen molar-refractivity contribution in [3.8, 4) is 5.88 Å². The molecular weight excluding hydrogens is 500 g/mol. The highest BCUT2D eigenvalue weighted by atomic mass is 16.3. The number of fused-ring (bicyclic) bond motifs is 1. The SMILES string of the molecule is [C-]#[N+]c1c(C)c(NNc2cccc3c(=O)c4c(=O)ccc(=O)c=4c(=O)c23)c(=O)n(CCc2ccccc2)c1O. The summed E-state index contributed by atoms with van der Waals surface area (Å²) in [6.45, 7) is 9.11. The van der Waals surface area contributed by atoms with Crippen LogP contribution in [0, 0.1) is 23.9 Å². The Kier molecular flexibility index (Phi) is 6.26. The summed E-state index contributed by atoms with van der Waals surface area (Å²) in [7, 11) is 0. The molecule has 10 heteroatoms. The van der Waals surface area contributed by atoms with Crippen LogP contribution in [-0.2, 0) is 13.0 Å². The molecule has 0 fully saturated rings. The Hall–Kier alpha value is -5.56. The van der Waals surface area contributed by atoms with Gasteiger partial charge in [-0.15, -0.1) is 0 Å². The molecule has 0 saturated carbocycles. The van der Waals surface area contributed by atoms with Gasteiger partial charge < -0.3 is 5.11 Å². The maximum atomic E-state index is 13.4. The smallest absolute Gasteiger partial charge is 0.276 e. The zero-order chi connectivity index (χ0) is 27.8. The third-order valence-electron chi connectivity index (χ3n) is 6.68. The maximum absolute atomic E-state index is 13.4. The lowest BCUT2D eigenvalue weighted by molar-refractivity contribution is 0.410. The van der Waals surface area contributed by atoms with Crippen molar-refractivity contribution >= 4 is 27.8 Å². The van der Waals surface area contributed by atoms with Gasteiger partial charge in [-0.3, -0.25) is 39.4 Å². The van der Waals surface area contributed by atoms with Crippen LogP contribution in [0.2, 0.25) is 0 Å². The highest BCUT2D eigenvalue weighted by Crippen LogP contribution is 2.33. The second-order valence-electron chi connectivity index (χ2n) is 8.92. The van der Waals surface area contributed by atoms with Gasteiger partial charge in [0.15, 0.2) is 22.2 Å². The van der Waals surface area contributed by atoms with Crippen LogP contribution in [0.1, 0.15) is 11.1 Å². The fraction of sp³-hybridized carbons (Fsp3) is 0.103. The number of nitrogens with zero attached hydrogens (tertiary/aromatic N) is 2. The first-order valence-electron chi connectivity index (χ1n) is 11.9. The van der Waals surface area contributed by atoms with E-state index >= 15 is 0 Å². The molecule has 2 aliphatic carbocycles. The van der Waals surface area contributed by atoms with Crippen LogP contribution in [0.25, 0.3) is 15.6 Å². The van der Waals surface area contributed by atoms with Gasteiger partial charge >= 0.3 is 0 Å². The van der Waals surface area contributed by atoms with Crippen LogP contribution in [-0.4, -0.2) is 9.67 Å². The molecule has 39 heavy (non-hydrogen) atoms. The van der Waals surface area contributed by atoms with Crippen LogP contribution in [0.15, 0.2) is 84.6 Å². The average Bonchev–Trinajstić information content (AvgIpc) is 2.93. The molecule has 3 N–H and O–H groups in total. The molecule has 1 aromatic heterocycles. The molecule has 1 heterocycles. The van der Waals surface area contributed by atoms with E-state index in [0.717, 1.165) is 22.3 Å². The van der Waals surface area contributed by atoms with Gasteiger partial charge in [0.1, 0.15) is 5.69 Å². The number of aromatic nitrogens is 1. The number of hydrogen-bond donors (Lipinski definition) is 3. The largest absolute Gasteiger partial charge is 0.503 e. The van der Waals surface area contributed by atoms with E-state index in [9.17, 15) is 29.1 Å². The minimum Gasteiger partial charge on any atom is -0.503 e. The quantitative estimate of drug-likeness (QED) is 0.229. The van der Waals surface area contributed by atoms with Crippen molar-refractivity contribution in [2.45, 2.75) is 19.9 Å². The first-order valence-corrected chi connectivity index (χ1v) is 11.9. The van der Waals surface area contributed by atoms with Gasteiger partial charge in [0, 0.05) is 11.9 Å². The standard InChI is InChI=1S/C29H20N4O6/c1-15-24(30-2)28(38)33(14-13-16-7-4-3-5-8-16)29(39)25(15)32-31-18-10-6-9-17-21(18)27(37)23-20(35)12-11-19(34)22(23)26(17)36/h3-12,31-32,38H,13-14H2,1H3. The van der Waals surface area contributed by atoms with Crippen molar-refractivity contribution in [1.82, 2.24) is 4.57 Å². The number of hydrazine groups is 1. The molecule has 0 radical (unpaired) electrons. The van der Waals surface area contributed by atoms with Crippen LogP contribution >= 0.6 is 0 Å². The molecule has 3 aromatic rings. The molecular formula is C29H20N4O6. The summed E-state index contributed by atoms with van der Waals surface area (Å²) in [6.07, 6.45) is 0.420. The minimum atomic E-state index is -0.795. The van der Waals surface area contributed by atoms with E-state index in [1.807, 2.05) is 30.3 Å². The van der Waals surface area contributed by atoms with Crippen LogP contribution < -0.4 is 38.1 Å². The van der Waals surface area contributed by atoms with E-state index in [4.69, 9.17) is 6.57 Å². The minimum absolute atomic E-state index is 0.0502. The van der Waals surface area contributed by atoms with Gasteiger partial charge in [0.05, 0.1) is 28.1 Å². The molecule has 0 atom stereocenters. The molecule has 192 valence electrons. The Balaban J connectivity index is 1.62. The third kappa shape index (κ3) is 4.12. The highest BCUT2D eigenvalue weighted by molar-refractivity contribution is 5.94. The average molecular weight is 521 g/mol. The summed E-state index contributed by atoms with van der Waals surface area (Å²) in [6, 6.07) is 15.6. The van der Waals surface area contributed by atoms with Crippen molar-refractivity contribution in [1.29, 1.82) is 0 Å². The van der Waals surface area contributed by atoms with E-state index in [1.165, 1.54) is 25.1 Å². The number of pyridine rings is 1. The molecule has 0 bridgehead atoms. The van der Waals surface area contributed by atoms with Gasteiger partial charge in [0.25, 0.3) is 5.56 Å². The Bertz CT molecular complexity index is 2160. The van der Waals surface area contributed by atoms with Crippen LogP contribution in [0.5, 0.6) is 5.88 Å². The molecule has 0 saturated heterocycles. The molecule has 5 rings (SSSR count). The predicted octanol–water partition coefficient (Wildman–Crippen LogP) is 2.29. The Morgan fingerprint density at radius 2 is 1.51 bits per heavy atom. The van der Waals surface area contributed by atoms with Crippen molar-refractivity contribution in [2.24, 2.45) is 0 Å². The number of anilines is 2. The van der Waals surface area contributed by atoms with E-state index < -0.39 is 43.6 Å². The second-order valence-corrected chi connectivity index (χ2v) is 8.92. The van der Waals surface area contributed by atoms with E-state index in [-0.39, 0.29) is 39.9 Å². The van der Waals surface area contributed by atoms with Crippen LogP contribution in [0.4, 0.5) is 17.1 Å². The van der Waals surface area contributed by atoms with Gasteiger partial charge in [0.2, 0.25) is 11.1 Å². The lowest BCUT2D eigenvalue weighted by Crippen LogP contribution is -2.29. The third-order valence-corrected chi connectivity index (χ3v) is 6.68. The number of aromatic hydroxyl groups is 1. The molecule has 0 unspecified atom stereocenters. The number of aryl methyl sites for hydroxylation is 1. The number of hydrogen-bond acceptors (Lipinski definition) is 8. The lowest BCUT2D eigenvalue weighted by Gasteiger charge is -2.18. The molecule has 2 aromatic carbocycles. The van der Waals surface area contributed by atoms with Crippen LogP contribution in [0.3, 0.4) is 0 Å². The topological polar surface area (TPSA) is 139 Å². The van der Waals surface area contributed by atoms with Gasteiger partial charge in [-0.25, -0.2) is 4.85 Å². The van der Waals surface area contributed by atoms with Gasteiger partial charge in [-0.1, -0.05) is 42.5 Å². The second kappa shape index (κ2) is 9.72. The summed E-state index contributed by atoms with van der Waals surface area (Å²) in [5.41, 5.74) is 2.89. The first-order chi connectivity index (χ1) is 18.7. The predicted molar refractivity (Wildman–Crippen MR) is 147 cm³/mol. The fourth-order valence-corrected chi connectivity index (χ4v) is 4.67. The van der Waals surface area contributed by atoms with Crippen molar-refractivity contribution in [2.75, 3.05) is 10.9 Å². The van der Waals surface area contributed by atoms with Gasteiger partial charge in [-0.2, -0.15) is 0 Å². The molecule has 0 spiro atoms. The molecule has 0 amide bonds.